The van der Waals surface area contributed by atoms with Gasteiger partial charge in [-0.05, 0) is 78.4 Å². The Morgan fingerprint density at radius 2 is 0.735 bits per heavy atom. The van der Waals surface area contributed by atoms with E-state index >= 15 is 0 Å². The van der Waals surface area contributed by atoms with Gasteiger partial charge in [-0.15, -0.1) is 0 Å². The highest BCUT2D eigenvalue weighted by Gasteiger charge is 2.51. The molecular weight excluding hydrogens is 595 g/mol. The van der Waals surface area contributed by atoms with Crippen molar-refractivity contribution in [1.82, 2.24) is 16.0 Å². The van der Waals surface area contributed by atoms with Gasteiger partial charge in [0.1, 0.15) is 0 Å². The molecule has 0 radical (unpaired) electrons. The average molecular weight is 630 g/mol. The van der Waals surface area contributed by atoms with Crippen LogP contribution in [0.2, 0.25) is 0 Å². The first-order chi connectivity index (χ1) is 24.3. The first-order valence-corrected chi connectivity index (χ1v) is 17.2. The lowest BCUT2D eigenvalue weighted by Crippen LogP contribution is -2.54. The Labute approximate surface area is 287 Å². The van der Waals surface area contributed by atoms with Gasteiger partial charge in [0.05, 0.1) is 23.9 Å². The van der Waals surface area contributed by atoms with Crippen molar-refractivity contribution in [3.63, 3.8) is 0 Å². The normalized spacial score (nSPS) is 19.6. The van der Waals surface area contributed by atoms with Gasteiger partial charge in [-0.1, -0.05) is 170 Å². The topological polar surface area (TPSA) is 36.1 Å². The van der Waals surface area contributed by atoms with E-state index in [1.165, 1.54) is 72.3 Å². The summed E-state index contributed by atoms with van der Waals surface area (Å²) < 4.78 is 0. The van der Waals surface area contributed by atoms with Crippen LogP contribution in [0.5, 0.6) is 0 Å². The van der Waals surface area contributed by atoms with Crippen molar-refractivity contribution in [3.05, 3.63) is 215 Å². The molecule has 2 aliphatic carbocycles. The third kappa shape index (κ3) is 4.27. The quantitative estimate of drug-likeness (QED) is 0.181. The summed E-state index contributed by atoms with van der Waals surface area (Å²) >= 11 is 0. The monoisotopic (exact) mass is 629 g/mol. The van der Waals surface area contributed by atoms with E-state index in [1.54, 1.807) is 0 Å². The molecule has 3 aliphatic rings. The van der Waals surface area contributed by atoms with Crippen molar-refractivity contribution in [2.24, 2.45) is 0 Å². The molecule has 7 aromatic rings. The van der Waals surface area contributed by atoms with Crippen molar-refractivity contribution in [2.45, 2.75) is 23.9 Å². The second-order valence-corrected chi connectivity index (χ2v) is 13.4. The van der Waals surface area contributed by atoms with Gasteiger partial charge < -0.3 is 0 Å². The predicted octanol–water partition coefficient (Wildman–Crippen LogP) is 9.88. The van der Waals surface area contributed by atoms with Gasteiger partial charge in [0, 0.05) is 0 Å². The lowest BCUT2D eigenvalue weighted by Gasteiger charge is -2.40. The van der Waals surface area contributed by atoms with E-state index in [-0.39, 0.29) is 23.9 Å². The summed E-state index contributed by atoms with van der Waals surface area (Å²) in [6.45, 7) is 0. The summed E-state index contributed by atoms with van der Waals surface area (Å²) in [4.78, 5) is 0. The molecule has 1 saturated heterocycles. The first kappa shape index (κ1) is 28.4. The van der Waals surface area contributed by atoms with E-state index in [0.717, 1.165) is 0 Å². The van der Waals surface area contributed by atoms with Gasteiger partial charge in [0.25, 0.3) is 0 Å². The number of hydrogen-bond donors (Lipinski definition) is 3. The van der Waals surface area contributed by atoms with E-state index in [9.17, 15) is 0 Å². The summed E-state index contributed by atoms with van der Waals surface area (Å²) in [6.07, 6.45) is -0.162. The average Bonchev–Trinajstić information content (AvgIpc) is 3.65. The highest BCUT2D eigenvalue weighted by atomic mass is 15.4. The summed E-state index contributed by atoms with van der Waals surface area (Å²) in [6, 6.07) is 64.5. The molecule has 1 heterocycles. The highest BCUT2D eigenvalue weighted by Crippen LogP contribution is 2.63. The Kier molecular flexibility index (Phi) is 6.53. The largest absolute Gasteiger partial charge is 0.279 e. The van der Waals surface area contributed by atoms with Gasteiger partial charge in [0.2, 0.25) is 0 Å². The fourth-order valence-electron chi connectivity index (χ4n) is 8.77. The molecule has 1 aliphatic heterocycles. The Morgan fingerprint density at radius 3 is 1.27 bits per heavy atom. The molecule has 234 valence electrons. The fraction of sp³-hybridized carbons (Fsp3) is 0.0870. The molecule has 0 amide bonds. The van der Waals surface area contributed by atoms with E-state index in [2.05, 4.69) is 192 Å². The molecule has 3 nitrogen and oxygen atoms in total. The first-order valence-electron chi connectivity index (χ1n) is 17.2. The van der Waals surface area contributed by atoms with Crippen LogP contribution in [0.1, 0.15) is 57.4 Å². The number of fused-ring (bicyclic) bond motifs is 10. The molecular formula is C46H35N3. The maximum absolute atomic E-state index is 3.91. The van der Waals surface area contributed by atoms with Crippen molar-refractivity contribution in [3.8, 4) is 33.4 Å². The Balaban J connectivity index is 1.14. The van der Waals surface area contributed by atoms with Gasteiger partial charge in [-0.25, -0.2) is 0 Å². The van der Waals surface area contributed by atoms with Crippen LogP contribution in [0.3, 0.4) is 0 Å². The standard InChI is InChI=1S/C46H35N3/c1-3-15-30(16-4-1)43-47-44(31-17-5-2-6-18-31)49-45(48-43)38-23-8-7-19-33(38)32-27-28-37-36-22-11-14-26-41(36)46(42(37)29-32)39-24-12-9-20-34(39)35-21-10-13-25-40(35)46/h1-29,43-45,47-49H. The van der Waals surface area contributed by atoms with Gasteiger partial charge in [-0.2, -0.15) is 0 Å². The molecule has 10 rings (SSSR count). The SMILES string of the molecule is c1ccc(C2NC(c3ccccc3)NC(c3ccccc3-c3ccc4c(c3)C3(c5ccccc5-c5ccccc53)c3ccccc3-4)N2)cc1. The second-order valence-electron chi connectivity index (χ2n) is 13.4. The van der Waals surface area contributed by atoms with Gasteiger partial charge >= 0.3 is 0 Å². The third-order valence-corrected chi connectivity index (χ3v) is 10.8. The van der Waals surface area contributed by atoms with Gasteiger partial charge in [0.15, 0.2) is 0 Å². The maximum atomic E-state index is 3.91. The van der Waals surface area contributed by atoms with Crippen LogP contribution in [0, 0.1) is 0 Å². The maximum Gasteiger partial charge on any atom is 0.0870 e. The Hall–Kier alpha value is -5.58. The van der Waals surface area contributed by atoms with Crippen LogP contribution < -0.4 is 16.0 Å². The van der Waals surface area contributed by atoms with Crippen molar-refractivity contribution < 1.29 is 0 Å². The molecule has 7 aromatic carbocycles. The van der Waals surface area contributed by atoms with Crippen LogP contribution >= 0.6 is 0 Å². The van der Waals surface area contributed by atoms with Crippen LogP contribution in [-0.2, 0) is 5.41 Å². The lowest BCUT2D eigenvalue weighted by molar-refractivity contribution is 0.203. The van der Waals surface area contributed by atoms with E-state index in [0.29, 0.717) is 0 Å². The van der Waals surface area contributed by atoms with Crippen LogP contribution in [0.4, 0.5) is 0 Å². The number of hydrogen-bond acceptors (Lipinski definition) is 3. The van der Waals surface area contributed by atoms with Gasteiger partial charge in [-0.3, -0.25) is 16.0 Å². The molecule has 2 unspecified atom stereocenters. The van der Waals surface area contributed by atoms with Crippen LogP contribution in [0.15, 0.2) is 176 Å². The summed E-state index contributed by atoms with van der Waals surface area (Å²) in [7, 11) is 0. The number of benzene rings is 7. The highest BCUT2D eigenvalue weighted by molar-refractivity contribution is 5.96. The predicted molar refractivity (Wildman–Crippen MR) is 199 cm³/mol. The minimum Gasteiger partial charge on any atom is -0.279 e. The molecule has 3 N–H and O–H groups in total. The van der Waals surface area contributed by atoms with Crippen molar-refractivity contribution in [1.29, 1.82) is 0 Å². The second kappa shape index (κ2) is 11.3. The molecule has 49 heavy (non-hydrogen) atoms. The third-order valence-electron chi connectivity index (χ3n) is 10.8. The minimum atomic E-state index is -0.369. The molecule has 2 atom stereocenters. The summed E-state index contributed by atoms with van der Waals surface area (Å²) in [5.74, 6) is 0. The van der Waals surface area contributed by atoms with Crippen molar-refractivity contribution >= 4 is 0 Å². The zero-order valence-corrected chi connectivity index (χ0v) is 27.0. The molecule has 1 fully saturated rings. The molecule has 0 saturated carbocycles. The number of nitrogens with one attached hydrogen (secondary N) is 3. The molecule has 0 aromatic heterocycles. The smallest absolute Gasteiger partial charge is 0.0870 e. The van der Waals surface area contributed by atoms with E-state index in [4.69, 9.17) is 0 Å². The minimum absolute atomic E-state index is 0.0324. The van der Waals surface area contributed by atoms with Crippen LogP contribution in [-0.4, -0.2) is 0 Å². The Bertz CT molecular complexity index is 2230. The molecule has 1 spiro atoms. The number of rotatable bonds is 4. The van der Waals surface area contributed by atoms with Crippen molar-refractivity contribution in [2.75, 3.05) is 0 Å². The van der Waals surface area contributed by atoms with E-state index < -0.39 is 0 Å². The van der Waals surface area contributed by atoms with E-state index in [1.807, 2.05) is 0 Å². The molecule has 0 bridgehead atoms. The lowest BCUT2D eigenvalue weighted by atomic mass is 9.70. The zero-order valence-electron chi connectivity index (χ0n) is 27.0. The van der Waals surface area contributed by atoms with Crippen LogP contribution in [0.25, 0.3) is 33.4 Å². The fourth-order valence-corrected chi connectivity index (χ4v) is 8.77. The summed E-state index contributed by atoms with van der Waals surface area (Å²) in [5, 5.41) is 11.6. The Morgan fingerprint density at radius 1 is 0.327 bits per heavy atom. The zero-order chi connectivity index (χ0) is 32.4. The molecule has 3 heteroatoms. The summed E-state index contributed by atoms with van der Waals surface area (Å²) in [5.41, 5.74) is 16.5.